The maximum atomic E-state index is 11.5. The Kier molecular flexibility index (Phi) is 23.7. The van der Waals surface area contributed by atoms with Crippen molar-refractivity contribution >= 4 is 0 Å². The van der Waals surface area contributed by atoms with Gasteiger partial charge in [-0.1, -0.05) is 142 Å². The SMILES string of the molecule is CCCCCCCCCCCCCC[C@@H](O)[C@@H](O)[C@H](COC1OC(CO)C(O)C(O)C1O)c1cc(CCCCCCCCN(CCCCCCC)C23CC(C2)C3)[nH]n1. The van der Waals surface area contributed by atoms with Gasteiger partial charge in [0.1, 0.15) is 24.4 Å². The fourth-order valence-corrected chi connectivity index (χ4v) is 9.73. The molecule has 0 amide bonds. The molecule has 4 aliphatic rings. The van der Waals surface area contributed by atoms with Crippen molar-refractivity contribution in [3.63, 3.8) is 0 Å². The Bertz CT molecular complexity index is 1170. The second kappa shape index (κ2) is 27.7. The van der Waals surface area contributed by atoms with Crippen LogP contribution in [0, 0.1) is 5.92 Å². The summed E-state index contributed by atoms with van der Waals surface area (Å²) in [4.78, 5) is 2.87. The van der Waals surface area contributed by atoms with Crippen LogP contribution in [0.4, 0.5) is 0 Å². The van der Waals surface area contributed by atoms with E-state index in [1.807, 2.05) is 6.07 Å². The number of aromatic amines is 1. The number of aromatic nitrogens is 2. The first-order valence-corrected chi connectivity index (χ1v) is 24.3. The van der Waals surface area contributed by atoms with Crippen molar-refractivity contribution in [2.24, 2.45) is 5.92 Å². The molecule has 0 aromatic carbocycles. The van der Waals surface area contributed by atoms with Crippen LogP contribution in [0.2, 0.25) is 0 Å². The zero-order valence-corrected chi connectivity index (χ0v) is 36.8. The van der Waals surface area contributed by atoms with E-state index >= 15 is 0 Å². The number of unbranched alkanes of at least 4 members (excludes halogenated alkanes) is 20. The molecule has 5 rings (SSSR count). The maximum absolute atomic E-state index is 11.5. The van der Waals surface area contributed by atoms with E-state index in [0.717, 1.165) is 50.1 Å². The van der Waals surface area contributed by atoms with Crippen molar-refractivity contribution < 1.29 is 40.1 Å². The van der Waals surface area contributed by atoms with Crippen LogP contribution in [-0.4, -0.2) is 120 Å². The normalized spacial score (nSPS) is 27.1. The third-order valence-corrected chi connectivity index (χ3v) is 13.8. The van der Waals surface area contributed by atoms with Crippen LogP contribution in [0.25, 0.3) is 0 Å². The van der Waals surface area contributed by atoms with E-state index < -0.39 is 55.4 Å². The molecule has 1 aliphatic heterocycles. The Labute approximate surface area is 352 Å². The molecule has 58 heavy (non-hydrogen) atoms. The fraction of sp³-hybridized carbons (Fsp3) is 0.936. The molecule has 5 unspecified atom stereocenters. The van der Waals surface area contributed by atoms with Crippen LogP contribution in [-0.2, 0) is 15.9 Å². The highest BCUT2D eigenvalue weighted by atomic mass is 16.7. The second-order valence-electron chi connectivity index (χ2n) is 18.7. The number of aliphatic hydroxyl groups excluding tert-OH is 6. The van der Waals surface area contributed by atoms with E-state index in [9.17, 15) is 30.6 Å². The lowest BCUT2D eigenvalue weighted by Crippen LogP contribution is -2.68. The highest BCUT2D eigenvalue weighted by Gasteiger charge is 2.59. The van der Waals surface area contributed by atoms with Gasteiger partial charge in [0.15, 0.2) is 6.29 Å². The number of nitrogens with zero attached hydrogens (tertiary/aromatic N) is 2. The van der Waals surface area contributed by atoms with Gasteiger partial charge >= 0.3 is 0 Å². The molecule has 4 fully saturated rings. The molecule has 338 valence electrons. The number of aliphatic hydroxyl groups is 6. The highest BCUT2D eigenvalue weighted by Crippen LogP contribution is 2.60. The van der Waals surface area contributed by atoms with E-state index in [2.05, 4.69) is 28.9 Å². The first kappa shape index (κ1) is 49.5. The summed E-state index contributed by atoms with van der Waals surface area (Å²) in [5.41, 5.74) is 2.09. The van der Waals surface area contributed by atoms with Gasteiger partial charge < -0.3 is 40.1 Å². The van der Waals surface area contributed by atoms with E-state index in [1.165, 1.54) is 148 Å². The van der Waals surface area contributed by atoms with Crippen molar-refractivity contribution in [3.05, 3.63) is 17.5 Å². The molecule has 3 aliphatic carbocycles. The summed E-state index contributed by atoms with van der Waals surface area (Å²) in [6, 6.07) is 1.93. The van der Waals surface area contributed by atoms with Crippen molar-refractivity contribution in [3.8, 4) is 0 Å². The lowest BCUT2D eigenvalue weighted by Gasteiger charge is -2.67. The quantitative estimate of drug-likeness (QED) is 0.0331. The smallest absolute Gasteiger partial charge is 0.186 e. The minimum atomic E-state index is -1.56. The molecule has 3 saturated carbocycles. The Morgan fingerprint density at radius 3 is 1.76 bits per heavy atom. The number of hydrogen-bond acceptors (Lipinski definition) is 10. The molecule has 0 radical (unpaired) electrons. The van der Waals surface area contributed by atoms with Gasteiger partial charge in [-0.05, 0) is 76.4 Å². The largest absolute Gasteiger partial charge is 0.394 e. The first-order chi connectivity index (χ1) is 28.2. The van der Waals surface area contributed by atoms with E-state index in [0.29, 0.717) is 17.7 Å². The zero-order valence-electron chi connectivity index (χ0n) is 36.8. The molecular weight excluding hydrogens is 735 g/mol. The van der Waals surface area contributed by atoms with E-state index in [1.54, 1.807) is 0 Å². The topological polar surface area (TPSA) is 172 Å². The van der Waals surface area contributed by atoms with Crippen LogP contribution in [0.5, 0.6) is 0 Å². The molecular formula is C47H87N3O8. The van der Waals surface area contributed by atoms with Crippen molar-refractivity contribution in [1.82, 2.24) is 15.1 Å². The molecule has 1 aromatic rings. The number of H-pyrrole nitrogens is 1. The third kappa shape index (κ3) is 16.0. The molecule has 7 N–H and O–H groups in total. The Balaban J connectivity index is 1.18. The van der Waals surface area contributed by atoms with Gasteiger partial charge in [-0.3, -0.25) is 10.00 Å². The molecule has 0 spiro atoms. The van der Waals surface area contributed by atoms with Crippen LogP contribution in [0.1, 0.15) is 205 Å². The number of hydrogen-bond donors (Lipinski definition) is 7. The lowest BCUT2D eigenvalue weighted by atomic mass is 9.49. The van der Waals surface area contributed by atoms with Gasteiger partial charge in [0.25, 0.3) is 0 Å². The van der Waals surface area contributed by atoms with Gasteiger partial charge in [-0.2, -0.15) is 5.10 Å². The van der Waals surface area contributed by atoms with E-state index in [4.69, 9.17) is 9.47 Å². The predicted octanol–water partition coefficient (Wildman–Crippen LogP) is 7.83. The summed E-state index contributed by atoms with van der Waals surface area (Å²) < 4.78 is 11.5. The van der Waals surface area contributed by atoms with Crippen LogP contribution in [0.15, 0.2) is 6.07 Å². The zero-order chi connectivity index (χ0) is 41.6. The van der Waals surface area contributed by atoms with Crippen LogP contribution in [0.3, 0.4) is 0 Å². The lowest BCUT2D eigenvalue weighted by molar-refractivity contribution is -0.303. The number of nitrogens with one attached hydrogen (secondary N) is 1. The van der Waals surface area contributed by atoms with Crippen LogP contribution < -0.4 is 0 Å². The third-order valence-electron chi connectivity index (χ3n) is 13.8. The van der Waals surface area contributed by atoms with E-state index in [-0.39, 0.29) is 6.61 Å². The fourth-order valence-electron chi connectivity index (χ4n) is 9.73. The summed E-state index contributed by atoms with van der Waals surface area (Å²) in [5, 5.41) is 71.0. The minimum absolute atomic E-state index is 0.151. The summed E-state index contributed by atoms with van der Waals surface area (Å²) in [6.45, 7) is 6.38. The van der Waals surface area contributed by atoms with Gasteiger partial charge in [0, 0.05) is 11.2 Å². The minimum Gasteiger partial charge on any atom is -0.394 e. The Morgan fingerprint density at radius 1 is 0.724 bits per heavy atom. The first-order valence-electron chi connectivity index (χ1n) is 24.3. The predicted molar refractivity (Wildman–Crippen MR) is 231 cm³/mol. The van der Waals surface area contributed by atoms with Gasteiger partial charge in [-0.15, -0.1) is 0 Å². The monoisotopic (exact) mass is 822 g/mol. The highest BCUT2D eigenvalue weighted by molar-refractivity contribution is 5.16. The second-order valence-corrected chi connectivity index (χ2v) is 18.7. The number of aryl methyl sites for hydroxylation is 1. The van der Waals surface area contributed by atoms with Gasteiger partial charge in [0.05, 0.1) is 37.0 Å². The Morgan fingerprint density at radius 2 is 1.24 bits per heavy atom. The Hall–Kier alpha value is -1.15. The number of ether oxygens (including phenoxy) is 2. The molecule has 1 aromatic heterocycles. The average molecular weight is 822 g/mol. The average Bonchev–Trinajstić information content (AvgIpc) is 3.66. The summed E-state index contributed by atoms with van der Waals surface area (Å²) >= 11 is 0. The summed E-state index contributed by atoms with van der Waals surface area (Å²) in [6.07, 6.45) is 25.0. The molecule has 2 bridgehead atoms. The molecule has 1 saturated heterocycles. The summed E-state index contributed by atoms with van der Waals surface area (Å²) in [5.74, 6) is 0.292. The number of rotatable bonds is 36. The molecule has 8 atom stereocenters. The van der Waals surface area contributed by atoms with Gasteiger partial charge in [-0.25, -0.2) is 0 Å². The molecule has 11 heteroatoms. The molecule has 2 heterocycles. The van der Waals surface area contributed by atoms with Crippen molar-refractivity contribution in [1.29, 1.82) is 0 Å². The van der Waals surface area contributed by atoms with Crippen molar-refractivity contribution in [2.45, 2.75) is 248 Å². The van der Waals surface area contributed by atoms with Gasteiger partial charge in [0.2, 0.25) is 0 Å². The van der Waals surface area contributed by atoms with Crippen molar-refractivity contribution in [2.75, 3.05) is 26.3 Å². The molecule has 11 nitrogen and oxygen atoms in total. The standard InChI is InChI=1S/C47H87N3O8/c1-3-5-7-9-10-11-12-13-14-15-19-23-27-40(52)42(53)38(35-57-46-45(56)44(55)43(54)41(34-51)58-46)39-30-37(48-49-39)26-22-18-16-17-21-25-29-50(28-24-20-8-6-4-2)47-31-36(32-47)33-47/h30,36,38,40-46,51-56H,3-29,31-35H2,1-2H3,(H,48,49)/t36?,38-,40-,41?,42+,43?,44?,45?,46?,47?/m1/s1. The van der Waals surface area contributed by atoms with Crippen LogP contribution >= 0.6 is 0 Å². The maximum Gasteiger partial charge on any atom is 0.186 e. The summed E-state index contributed by atoms with van der Waals surface area (Å²) in [7, 11) is 0.